The summed E-state index contributed by atoms with van der Waals surface area (Å²) in [6, 6.07) is 6.86. The molecule has 0 radical (unpaired) electrons. The molecule has 0 amide bonds. The summed E-state index contributed by atoms with van der Waals surface area (Å²) in [6.45, 7) is 0. The van der Waals surface area contributed by atoms with Gasteiger partial charge in [0.15, 0.2) is 0 Å². The molecule has 7 heteroatoms. The van der Waals surface area contributed by atoms with Crippen molar-refractivity contribution >= 4 is 0 Å². The second-order valence-electron chi connectivity index (χ2n) is 5.33. The Hall–Kier alpha value is -3.27. The molecule has 0 saturated carbocycles. The van der Waals surface area contributed by atoms with Crippen molar-refractivity contribution in [2.24, 2.45) is 0 Å². The highest BCUT2D eigenvalue weighted by molar-refractivity contribution is 5.82. The molecule has 3 rings (SSSR count). The quantitative estimate of drug-likeness (QED) is 0.534. The molecule has 0 spiro atoms. The van der Waals surface area contributed by atoms with Crippen LogP contribution in [0.1, 0.15) is 5.56 Å². The van der Waals surface area contributed by atoms with E-state index in [9.17, 15) is 31.6 Å². The van der Waals surface area contributed by atoms with E-state index < -0.39 is 51.6 Å². The van der Waals surface area contributed by atoms with Crippen LogP contribution in [0.3, 0.4) is 0 Å². The number of hydrogen-bond donors (Lipinski definition) is 0. The molecule has 3 aromatic rings. The molecular weight excluding hydrogens is 356 g/mol. The van der Waals surface area contributed by atoms with Crippen molar-refractivity contribution < 1.29 is 26.3 Å². The minimum Gasteiger partial charge on any atom is -0.207 e. The fourth-order valence-electron chi connectivity index (χ4n) is 2.69. The lowest BCUT2D eigenvalue weighted by Gasteiger charge is -2.13. The van der Waals surface area contributed by atoms with E-state index in [0.717, 1.165) is 12.1 Å². The molecule has 0 N–H and O–H groups in total. The lowest BCUT2D eigenvalue weighted by atomic mass is 9.91. The summed E-state index contributed by atoms with van der Waals surface area (Å²) in [5, 5.41) is 9.41. The van der Waals surface area contributed by atoms with Crippen molar-refractivity contribution in [2.75, 3.05) is 0 Å². The molecule has 130 valence electrons. The number of rotatable bonds is 2. The molecule has 0 aliphatic rings. The van der Waals surface area contributed by atoms with E-state index >= 15 is 0 Å². The van der Waals surface area contributed by atoms with E-state index in [2.05, 4.69) is 0 Å². The van der Waals surface area contributed by atoms with E-state index in [4.69, 9.17) is 0 Å². The van der Waals surface area contributed by atoms with Crippen LogP contribution in [0.25, 0.3) is 22.3 Å². The predicted octanol–water partition coefficient (Wildman–Crippen LogP) is 5.73. The minimum atomic E-state index is -1.28. The summed E-state index contributed by atoms with van der Waals surface area (Å²) in [5.74, 6) is -7.44. The molecule has 26 heavy (non-hydrogen) atoms. The van der Waals surface area contributed by atoms with Gasteiger partial charge in [-0.3, -0.25) is 0 Å². The monoisotopic (exact) mass is 363 g/mol. The topological polar surface area (TPSA) is 23.8 Å². The van der Waals surface area contributed by atoms with Crippen LogP contribution in [0.2, 0.25) is 0 Å². The Morgan fingerprint density at radius 3 is 1.27 bits per heavy atom. The summed E-state index contributed by atoms with van der Waals surface area (Å²) in [4.78, 5) is 0. The second kappa shape index (κ2) is 6.56. The van der Waals surface area contributed by atoms with E-state index in [-0.39, 0.29) is 11.1 Å². The summed E-state index contributed by atoms with van der Waals surface area (Å²) >= 11 is 0. The van der Waals surface area contributed by atoms with Crippen LogP contribution in [-0.2, 0) is 0 Å². The largest absolute Gasteiger partial charge is 0.207 e. The predicted molar refractivity (Wildman–Crippen MR) is 81.8 cm³/mol. The zero-order valence-corrected chi connectivity index (χ0v) is 12.8. The third-order valence-corrected chi connectivity index (χ3v) is 3.73. The van der Waals surface area contributed by atoms with Crippen molar-refractivity contribution in [3.05, 3.63) is 82.9 Å². The molecule has 1 nitrogen and oxygen atoms in total. The molecule has 0 aliphatic heterocycles. The summed E-state index contributed by atoms with van der Waals surface area (Å²) < 4.78 is 82.5. The summed E-state index contributed by atoms with van der Waals surface area (Å²) in [5.41, 5.74) is -2.51. The highest BCUT2D eigenvalue weighted by Gasteiger charge is 2.22. The van der Waals surface area contributed by atoms with Gasteiger partial charge >= 0.3 is 0 Å². The number of nitrogens with zero attached hydrogens (tertiary/aromatic N) is 1. The molecule has 0 atom stereocenters. The van der Waals surface area contributed by atoms with Crippen LogP contribution in [0.4, 0.5) is 26.3 Å². The first-order valence-electron chi connectivity index (χ1n) is 7.16. The fraction of sp³-hybridized carbons (Fsp3) is 0. The van der Waals surface area contributed by atoms with Crippen LogP contribution in [-0.4, -0.2) is 0 Å². The lowest BCUT2D eigenvalue weighted by Crippen LogP contribution is -1.99. The molecule has 3 aromatic carbocycles. The van der Waals surface area contributed by atoms with Crippen molar-refractivity contribution in [1.82, 2.24) is 0 Å². The molecule has 0 bridgehead atoms. The van der Waals surface area contributed by atoms with Gasteiger partial charge in [0.25, 0.3) is 0 Å². The van der Waals surface area contributed by atoms with Gasteiger partial charge in [0.1, 0.15) is 41.0 Å². The maximum absolute atomic E-state index is 14.1. The Bertz CT molecular complexity index is 946. The Morgan fingerprint density at radius 2 is 0.962 bits per heavy atom. The Balaban J connectivity index is 2.35. The van der Waals surface area contributed by atoms with Gasteiger partial charge in [-0.15, -0.1) is 0 Å². The summed E-state index contributed by atoms with van der Waals surface area (Å²) in [7, 11) is 0. The first-order chi connectivity index (χ1) is 12.3. The third kappa shape index (κ3) is 2.90. The Labute approximate surface area is 143 Å². The number of benzene rings is 3. The van der Waals surface area contributed by atoms with Gasteiger partial charge < -0.3 is 0 Å². The average molecular weight is 363 g/mol. The van der Waals surface area contributed by atoms with Gasteiger partial charge in [-0.05, 0) is 0 Å². The van der Waals surface area contributed by atoms with E-state index in [1.807, 2.05) is 0 Å². The minimum absolute atomic E-state index is 0.317. The maximum Gasteiger partial charge on any atom is 0.136 e. The molecule has 0 heterocycles. The van der Waals surface area contributed by atoms with Crippen LogP contribution in [0.15, 0.2) is 42.5 Å². The van der Waals surface area contributed by atoms with Crippen molar-refractivity contribution in [1.29, 1.82) is 5.26 Å². The van der Waals surface area contributed by atoms with Crippen molar-refractivity contribution in [3.63, 3.8) is 0 Å². The SMILES string of the molecule is N#Cc1c(-c2c(F)cc(F)cc2F)cccc1-c1c(F)cc(F)cc1F. The first-order valence-corrected chi connectivity index (χ1v) is 7.16. The molecule has 0 saturated heterocycles. The van der Waals surface area contributed by atoms with Gasteiger partial charge in [0.05, 0.1) is 16.7 Å². The fourth-order valence-corrected chi connectivity index (χ4v) is 2.69. The molecule has 0 fully saturated rings. The molecule has 0 aliphatic carbocycles. The van der Waals surface area contributed by atoms with Crippen LogP contribution in [0, 0.1) is 46.2 Å². The maximum atomic E-state index is 14.1. The molecule has 0 aromatic heterocycles. The van der Waals surface area contributed by atoms with Gasteiger partial charge in [-0.1, -0.05) is 18.2 Å². The van der Waals surface area contributed by atoms with Gasteiger partial charge in [-0.2, -0.15) is 5.26 Å². The average Bonchev–Trinajstić information content (AvgIpc) is 2.53. The van der Waals surface area contributed by atoms with E-state index in [1.54, 1.807) is 6.07 Å². The first kappa shape index (κ1) is 17.5. The van der Waals surface area contributed by atoms with Crippen molar-refractivity contribution in [2.45, 2.75) is 0 Å². The zero-order valence-electron chi connectivity index (χ0n) is 12.8. The van der Waals surface area contributed by atoms with Gasteiger partial charge in [0.2, 0.25) is 0 Å². The zero-order chi connectivity index (χ0) is 19.0. The van der Waals surface area contributed by atoms with Crippen LogP contribution < -0.4 is 0 Å². The van der Waals surface area contributed by atoms with Gasteiger partial charge in [0, 0.05) is 35.4 Å². The van der Waals surface area contributed by atoms with Gasteiger partial charge in [-0.25, -0.2) is 26.3 Å². The normalized spacial score (nSPS) is 10.7. The van der Waals surface area contributed by atoms with E-state index in [0.29, 0.717) is 24.3 Å². The number of hydrogen-bond acceptors (Lipinski definition) is 1. The molecular formula is C19H7F6N. The number of halogens is 6. The smallest absolute Gasteiger partial charge is 0.136 e. The van der Waals surface area contributed by atoms with Crippen LogP contribution >= 0.6 is 0 Å². The van der Waals surface area contributed by atoms with Crippen molar-refractivity contribution in [3.8, 4) is 28.3 Å². The Kier molecular flexibility index (Phi) is 4.43. The lowest BCUT2D eigenvalue weighted by molar-refractivity contribution is 0.547. The molecule has 0 unspecified atom stereocenters. The second-order valence-corrected chi connectivity index (χ2v) is 5.33. The standard InChI is InChI=1S/C19H7F6N/c20-9-4-14(22)18(15(23)5-9)11-2-1-3-12(13(11)8-26)19-16(24)6-10(21)7-17(19)25/h1-7H. The van der Waals surface area contributed by atoms with E-state index in [1.165, 1.54) is 6.07 Å². The highest BCUT2D eigenvalue weighted by Crippen LogP contribution is 2.37. The Morgan fingerprint density at radius 1 is 0.615 bits per heavy atom. The third-order valence-electron chi connectivity index (χ3n) is 3.73. The number of nitriles is 1. The van der Waals surface area contributed by atoms with Crippen LogP contribution in [0.5, 0.6) is 0 Å². The highest BCUT2D eigenvalue weighted by atomic mass is 19.2. The summed E-state index contributed by atoms with van der Waals surface area (Å²) in [6.07, 6.45) is 0.